The van der Waals surface area contributed by atoms with Crippen LogP contribution in [0.5, 0.6) is 5.75 Å². The molecule has 29 heavy (non-hydrogen) atoms. The Morgan fingerprint density at radius 1 is 1.03 bits per heavy atom. The van der Waals surface area contributed by atoms with Crippen molar-refractivity contribution in [3.05, 3.63) is 93.4 Å². The number of phenolic OH excluding ortho intramolecular Hbond substituents is 1. The van der Waals surface area contributed by atoms with E-state index in [0.29, 0.717) is 27.3 Å². The minimum absolute atomic E-state index is 0.114. The van der Waals surface area contributed by atoms with Gasteiger partial charge in [0.15, 0.2) is 0 Å². The van der Waals surface area contributed by atoms with E-state index in [9.17, 15) is 14.7 Å². The molecule has 4 rings (SSSR count). The summed E-state index contributed by atoms with van der Waals surface area (Å²) in [6, 6.07) is 18.6. The van der Waals surface area contributed by atoms with Gasteiger partial charge in [-0.15, -0.1) is 0 Å². The monoisotopic (exact) mass is 408 g/mol. The van der Waals surface area contributed by atoms with Gasteiger partial charge in [0, 0.05) is 5.02 Å². The van der Waals surface area contributed by atoms with E-state index in [1.807, 2.05) is 6.07 Å². The molecule has 0 aliphatic heterocycles. The molecule has 0 saturated heterocycles. The maximum atomic E-state index is 13.3. The summed E-state index contributed by atoms with van der Waals surface area (Å²) in [5.74, 6) is -0.319. The number of hydrogen-bond acceptors (Lipinski definition) is 4. The molecule has 6 nitrogen and oxygen atoms in total. The van der Waals surface area contributed by atoms with Crippen molar-refractivity contribution in [3.8, 4) is 11.4 Å². The number of aromatic nitrogens is 2. The van der Waals surface area contributed by atoms with E-state index in [1.54, 1.807) is 57.7 Å². The van der Waals surface area contributed by atoms with Crippen LogP contribution < -0.4 is 5.69 Å². The van der Waals surface area contributed by atoms with Crippen LogP contribution in [0.25, 0.3) is 16.7 Å². The molecule has 0 unspecified atom stereocenters. The molecule has 3 aromatic carbocycles. The van der Waals surface area contributed by atoms with Crippen molar-refractivity contribution < 1.29 is 14.6 Å². The predicted molar refractivity (Wildman–Crippen MR) is 111 cm³/mol. The van der Waals surface area contributed by atoms with Crippen molar-refractivity contribution in [2.24, 2.45) is 0 Å². The number of halogens is 1. The SMILES string of the molecule is COC(=O)c1cccc(Cn2c(=O)n(-c3ccc(O)cc3)c3cc(Cl)ccc32)c1. The van der Waals surface area contributed by atoms with Gasteiger partial charge in [-0.25, -0.2) is 9.59 Å². The predicted octanol–water partition coefficient (Wildman–Crippen LogP) is 3.99. The van der Waals surface area contributed by atoms with Crippen molar-refractivity contribution in [2.45, 2.75) is 6.54 Å². The van der Waals surface area contributed by atoms with Crippen molar-refractivity contribution in [2.75, 3.05) is 7.11 Å². The summed E-state index contributed by atoms with van der Waals surface area (Å²) >= 11 is 6.18. The second-order valence-corrected chi connectivity index (χ2v) is 6.98. The summed E-state index contributed by atoms with van der Waals surface area (Å²) in [6.07, 6.45) is 0. The molecule has 4 aromatic rings. The van der Waals surface area contributed by atoms with E-state index in [0.717, 1.165) is 5.56 Å². The largest absolute Gasteiger partial charge is 0.508 e. The van der Waals surface area contributed by atoms with Crippen LogP contribution in [0.15, 0.2) is 71.5 Å². The lowest BCUT2D eigenvalue weighted by atomic mass is 10.1. The van der Waals surface area contributed by atoms with Gasteiger partial charge < -0.3 is 9.84 Å². The van der Waals surface area contributed by atoms with Gasteiger partial charge in [-0.1, -0.05) is 23.7 Å². The van der Waals surface area contributed by atoms with Gasteiger partial charge in [0.25, 0.3) is 0 Å². The molecule has 0 aliphatic rings. The Bertz CT molecular complexity index is 1270. The number of imidazole rings is 1. The molecule has 0 atom stereocenters. The summed E-state index contributed by atoms with van der Waals surface area (Å²) in [6.45, 7) is 0.271. The van der Waals surface area contributed by atoms with E-state index in [2.05, 4.69) is 0 Å². The van der Waals surface area contributed by atoms with Gasteiger partial charge in [0.1, 0.15) is 5.75 Å². The Hall–Kier alpha value is -3.51. The van der Waals surface area contributed by atoms with E-state index in [1.165, 1.54) is 19.2 Å². The van der Waals surface area contributed by atoms with Crippen molar-refractivity contribution >= 4 is 28.6 Å². The first-order valence-corrected chi connectivity index (χ1v) is 9.23. The van der Waals surface area contributed by atoms with Crippen LogP contribution in [0.4, 0.5) is 0 Å². The number of fused-ring (bicyclic) bond motifs is 1. The van der Waals surface area contributed by atoms with Crippen LogP contribution in [0, 0.1) is 0 Å². The van der Waals surface area contributed by atoms with Crippen molar-refractivity contribution in [1.29, 1.82) is 0 Å². The van der Waals surface area contributed by atoms with Gasteiger partial charge >= 0.3 is 11.7 Å². The van der Waals surface area contributed by atoms with Gasteiger partial charge in [0.2, 0.25) is 0 Å². The Morgan fingerprint density at radius 2 is 1.79 bits per heavy atom. The lowest BCUT2D eigenvalue weighted by Gasteiger charge is -2.06. The third-order valence-electron chi connectivity index (χ3n) is 4.69. The van der Waals surface area contributed by atoms with E-state index >= 15 is 0 Å². The molecule has 0 saturated carbocycles. The number of benzene rings is 3. The van der Waals surface area contributed by atoms with Gasteiger partial charge in [-0.05, 0) is 60.2 Å². The maximum absolute atomic E-state index is 13.3. The van der Waals surface area contributed by atoms with Crippen LogP contribution >= 0.6 is 11.6 Å². The van der Waals surface area contributed by atoms with Crippen LogP contribution in [0.1, 0.15) is 15.9 Å². The Kier molecular flexibility index (Phi) is 4.86. The Labute approximate surface area is 171 Å². The molecule has 0 radical (unpaired) electrons. The average molecular weight is 409 g/mol. The minimum Gasteiger partial charge on any atom is -0.508 e. The van der Waals surface area contributed by atoms with E-state index < -0.39 is 5.97 Å². The minimum atomic E-state index is -0.433. The fourth-order valence-corrected chi connectivity index (χ4v) is 3.50. The van der Waals surface area contributed by atoms with Crippen LogP contribution in [-0.4, -0.2) is 27.3 Å². The fraction of sp³-hybridized carbons (Fsp3) is 0.0909. The highest BCUT2D eigenvalue weighted by Gasteiger charge is 2.16. The van der Waals surface area contributed by atoms with Crippen LogP contribution in [0.2, 0.25) is 5.02 Å². The van der Waals surface area contributed by atoms with Gasteiger partial charge in [0.05, 0.1) is 35.9 Å². The summed E-state index contributed by atoms with van der Waals surface area (Å²) in [5.41, 5.74) is 2.92. The normalized spacial score (nSPS) is 11.0. The molecule has 1 heterocycles. The molecule has 7 heteroatoms. The van der Waals surface area contributed by atoms with E-state index in [4.69, 9.17) is 16.3 Å². The smallest absolute Gasteiger partial charge is 0.337 e. The molecule has 0 amide bonds. The summed E-state index contributed by atoms with van der Waals surface area (Å²) < 4.78 is 7.94. The highest BCUT2D eigenvalue weighted by atomic mass is 35.5. The second-order valence-electron chi connectivity index (χ2n) is 6.55. The number of aromatic hydroxyl groups is 1. The summed E-state index contributed by atoms with van der Waals surface area (Å²) in [7, 11) is 1.33. The first-order valence-electron chi connectivity index (χ1n) is 8.85. The Morgan fingerprint density at radius 3 is 2.52 bits per heavy atom. The summed E-state index contributed by atoms with van der Waals surface area (Å²) in [5, 5.41) is 10.1. The van der Waals surface area contributed by atoms with E-state index in [-0.39, 0.29) is 18.0 Å². The molecule has 146 valence electrons. The number of hydrogen-bond donors (Lipinski definition) is 1. The lowest BCUT2D eigenvalue weighted by Crippen LogP contribution is -2.23. The first-order chi connectivity index (χ1) is 14.0. The fourth-order valence-electron chi connectivity index (χ4n) is 3.33. The zero-order chi connectivity index (χ0) is 20.5. The number of nitrogens with zero attached hydrogens (tertiary/aromatic N) is 2. The molecule has 0 fully saturated rings. The maximum Gasteiger partial charge on any atom is 0.337 e. The molecule has 0 aliphatic carbocycles. The number of esters is 1. The zero-order valence-electron chi connectivity index (χ0n) is 15.5. The number of carbonyl (C=O) groups is 1. The zero-order valence-corrected chi connectivity index (χ0v) is 16.3. The standard InChI is InChI=1S/C22H17ClN2O4/c1-29-21(27)15-4-2-3-14(11-15)13-24-19-10-5-16(23)12-20(19)25(22(24)28)17-6-8-18(26)9-7-17/h2-12,26H,13H2,1H3. The molecule has 0 bridgehead atoms. The van der Waals surface area contributed by atoms with Crippen molar-refractivity contribution in [3.63, 3.8) is 0 Å². The number of ether oxygens (including phenoxy) is 1. The Balaban J connectivity index is 1.88. The molecular weight excluding hydrogens is 392 g/mol. The highest BCUT2D eigenvalue weighted by Crippen LogP contribution is 2.23. The molecule has 1 N–H and O–H groups in total. The number of rotatable bonds is 4. The lowest BCUT2D eigenvalue weighted by molar-refractivity contribution is 0.0600. The number of methoxy groups -OCH3 is 1. The molecular formula is C22H17ClN2O4. The third-order valence-corrected chi connectivity index (χ3v) is 4.92. The van der Waals surface area contributed by atoms with Gasteiger partial charge in [-0.2, -0.15) is 0 Å². The summed E-state index contributed by atoms with van der Waals surface area (Å²) in [4.78, 5) is 25.1. The quantitative estimate of drug-likeness (QED) is 0.518. The topological polar surface area (TPSA) is 73.5 Å². The highest BCUT2D eigenvalue weighted by molar-refractivity contribution is 6.31. The molecule has 1 aromatic heterocycles. The number of carbonyl (C=O) groups excluding carboxylic acids is 1. The average Bonchev–Trinajstić information content (AvgIpc) is 2.99. The van der Waals surface area contributed by atoms with Crippen LogP contribution in [0.3, 0.4) is 0 Å². The third kappa shape index (κ3) is 3.50. The van der Waals surface area contributed by atoms with Gasteiger partial charge in [-0.3, -0.25) is 9.13 Å². The first kappa shape index (κ1) is 18.8. The second kappa shape index (κ2) is 7.48. The molecule has 0 spiro atoms. The van der Waals surface area contributed by atoms with Crippen LogP contribution in [-0.2, 0) is 11.3 Å². The number of phenols is 1. The van der Waals surface area contributed by atoms with Crippen molar-refractivity contribution in [1.82, 2.24) is 9.13 Å².